The Bertz CT molecular complexity index is 464. The number of aliphatic carboxylic acids is 1. The van der Waals surface area contributed by atoms with E-state index in [4.69, 9.17) is 5.11 Å². The molecule has 0 fully saturated rings. The van der Waals surface area contributed by atoms with Gasteiger partial charge in [0, 0.05) is 19.7 Å². The van der Waals surface area contributed by atoms with E-state index in [0.717, 1.165) is 6.08 Å². The molecule has 0 aliphatic rings. The lowest BCUT2D eigenvalue weighted by Crippen LogP contribution is -2.32. The average molecular weight is 269 g/mol. The predicted molar refractivity (Wildman–Crippen MR) is 69.6 cm³/mol. The summed E-state index contributed by atoms with van der Waals surface area (Å²) in [6.45, 7) is 1.84. The minimum Gasteiger partial charge on any atom is -0.478 e. The van der Waals surface area contributed by atoms with Crippen molar-refractivity contribution >= 4 is 29.3 Å². The van der Waals surface area contributed by atoms with Gasteiger partial charge in [0.1, 0.15) is 0 Å². The monoisotopic (exact) mass is 269 g/mol. The van der Waals surface area contributed by atoms with Crippen LogP contribution in [-0.4, -0.2) is 46.7 Å². The minimum absolute atomic E-state index is 0.226. The SMILES string of the molecule is CC(O)CN(C)C(=O)c1sccc1C=CC(=O)O. The Morgan fingerprint density at radius 2 is 2.22 bits per heavy atom. The van der Waals surface area contributed by atoms with E-state index in [1.54, 1.807) is 25.4 Å². The van der Waals surface area contributed by atoms with Crippen LogP contribution >= 0.6 is 11.3 Å². The number of carboxylic acids is 1. The summed E-state index contributed by atoms with van der Waals surface area (Å²) in [7, 11) is 1.60. The number of thiophene rings is 1. The molecule has 1 aromatic rings. The lowest BCUT2D eigenvalue weighted by atomic mass is 10.2. The summed E-state index contributed by atoms with van der Waals surface area (Å²) >= 11 is 1.25. The third-order valence-electron chi connectivity index (χ3n) is 2.18. The molecule has 0 bridgehead atoms. The van der Waals surface area contributed by atoms with E-state index in [9.17, 15) is 14.7 Å². The number of aliphatic hydroxyl groups excluding tert-OH is 1. The van der Waals surface area contributed by atoms with Gasteiger partial charge in [-0.3, -0.25) is 4.79 Å². The number of carbonyl (C=O) groups is 2. The van der Waals surface area contributed by atoms with Gasteiger partial charge in [-0.15, -0.1) is 11.3 Å². The van der Waals surface area contributed by atoms with E-state index in [1.807, 2.05) is 0 Å². The molecule has 98 valence electrons. The van der Waals surface area contributed by atoms with Gasteiger partial charge in [0.2, 0.25) is 0 Å². The van der Waals surface area contributed by atoms with Crippen molar-refractivity contribution < 1.29 is 19.8 Å². The third-order valence-corrected chi connectivity index (χ3v) is 3.10. The molecule has 0 aliphatic heterocycles. The Hall–Kier alpha value is -1.66. The highest BCUT2D eigenvalue weighted by atomic mass is 32.1. The summed E-state index contributed by atoms with van der Waals surface area (Å²) in [6, 6.07) is 1.69. The van der Waals surface area contributed by atoms with Gasteiger partial charge in [-0.25, -0.2) is 4.79 Å². The number of rotatable bonds is 5. The fraction of sp³-hybridized carbons (Fsp3) is 0.333. The molecule has 1 atom stereocenters. The maximum Gasteiger partial charge on any atom is 0.328 e. The van der Waals surface area contributed by atoms with E-state index >= 15 is 0 Å². The van der Waals surface area contributed by atoms with Crippen molar-refractivity contribution in [1.29, 1.82) is 0 Å². The maximum atomic E-state index is 12.1. The second-order valence-electron chi connectivity index (χ2n) is 3.91. The largest absolute Gasteiger partial charge is 0.478 e. The second kappa shape index (κ2) is 6.32. The first-order valence-corrected chi connectivity index (χ1v) is 6.21. The van der Waals surface area contributed by atoms with Crippen LogP contribution in [0.3, 0.4) is 0 Å². The predicted octanol–water partition coefficient (Wildman–Crippen LogP) is 1.30. The molecule has 0 saturated carbocycles. The number of carbonyl (C=O) groups excluding carboxylic acids is 1. The van der Waals surface area contributed by atoms with Gasteiger partial charge in [-0.1, -0.05) is 0 Å². The van der Waals surface area contributed by atoms with Crippen LogP contribution in [0, 0.1) is 0 Å². The van der Waals surface area contributed by atoms with Crippen LogP contribution < -0.4 is 0 Å². The Kier molecular flexibility index (Phi) is 5.06. The molecule has 0 aromatic carbocycles. The highest BCUT2D eigenvalue weighted by Crippen LogP contribution is 2.20. The highest BCUT2D eigenvalue weighted by molar-refractivity contribution is 7.12. The number of likely N-dealkylation sites (N-methyl/N-ethyl adjacent to an activating group) is 1. The number of nitrogens with zero attached hydrogens (tertiary/aromatic N) is 1. The Morgan fingerprint density at radius 3 is 2.78 bits per heavy atom. The molecule has 1 unspecified atom stereocenters. The topological polar surface area (TPSA) is 77.8 Å². The van der Waals surface area contributed by atoms with E-state index in [-0.39, 0.29) is 12.5 Å². The van der Waals surface area contributed by atoms with Crippen molar-refractivity contribution in [1.82, 2.24) is 4.90 Å². The van der Waals surface area contributed by atoms with Crippen molar-refractivity contribution in [3.8, 4) is 0 Å². The van der Waals surface area contributed by atoms with Gasteiger partial charge < -0.3 is 15.1 Å². The van der Waals surface area contributed by atoms with E-state index in [0.29, 0.717) is 10.4 Å². The van der Waals surface area contributed by atoms with Crippen molar-refractivity contribution in [3.63, 3.8) is 0 Å². The van der Waals surface area contributed by atoms with Gasteiger partial charge in [0.05, 0.1) is 11.0 Å². The summed E-state index contributed by atoms with van der Waals surface area (Å²) in [5, 5.41) is 19.5. The normalized spacial score (nSPS) is 12.6. The zero-order valence-electron chi connectivity index (χ0n) is 10.2. The summed E-state index contributed by atoms with van der Waals surface area (Å²) in [5.74, 6) is -1.28. The van der Waals surface area contributed by atoms with Gasteiger partial charge in [0.15, 0.2) is 0 Å². The standard InChI is InChI=1S/C12H15NO4S/c1-8(14)7-13(2)12(17)11-9(5-6-18-11)3-4-10(15)16/h3-6,8,14H,7H2,1-2H3,(H,15,16). The molecule has 6 heteroatoms. The molecule has 1 rings (SSSR count). The molecule has 2 N–H and O–H groups in total. The van der Waals surface area contributed by atoms with Crippen LogP contribution in [0.5, 0.6) is 0 Å². The fourth-order valence-electron chi connectivity index (χ4n) is 1.44. The molecule has 18 heavy (non-hydrogen) atoms. The van der Waals surface area contributed by atoms with Crippen molar-refractivity contribution in [3.05, 3.63) is 28.0 Å². The highest BCUT2D eigenvalue weighted by Gasteiger charge is 2.17. The number of hydrogen-bond donors (Lipinski definition) is 2. The third kappa shape index (κ3) is 3.97. The summed E-state index contributed by atoms with van der Waals surface area (Å²) < 4.78 is 0. The van der Waals surface area contributed by atoms with Crippen LogP contribution in [-0.2, 0) is 4.79 Å². The Balaban J connectivity index is 2.87. The summed E-state index contributed by atoms with van der Waals surface area (Å²) in [5.41, 5.74) is 0.574. The van der Waals surface area contributed by atoms with Gasteiger partial charge >= 0.3 is 5.97 Å². The number of aliphatic hydroxyl groups is 1. The van der Waals surface area contributed by atoms with Gasteiger partial charge in [0.25, 0.3) is 5.91 Å². The minimum atomic E-state index is -1.06. The summed E-state index contributed by atoms with van der Waals surface area (Å²) in [6.07, 6.45) is 1.78. The number of amides is 1. The van der Waals surface area contributed by atoms with Crippen LogP contribution in [0.15, 0.2) is 17.5 Å². The zero-order valence-corrected chi connectivity index (χ0v) is 11.0. The van der Waals surface area contributed by atoms with Gasteiger partial charge in [-0.2, -0.15) is 0 Å². The zero-order chi connectivity index (χ0) is 13.7. The molecule has 5 nitrogen and oxygen atoms in total. The van der Waals surface area contributed by atoms with Gasteiger partial charge in [-0.05, 0) is 30.0 Å². The second-order valence-corrected chi connectivity index (χ2v) is 4.83. The first-order valence-electron chi connectivity index (χ1n) is 5.34. The molecular weight excluding hydrogens is 254 g/mol. The molecule has 1 heterocycles. The summed E-state index contributed by atoms with van der Waals surface area (Å²) in [4.78, 5) is 24.4. The fourth-order valence-corrected chi connectivity index (χ4v) is 2.32. The van der Waals surface area contributed by atoms with E-state index in [1.165, 1.54) is 22.3 Å². The lowest BCUT2D eigenvalue weighted by Gasteiger charge is -2.18. The average Bonchev–Trinajstić information content (AvgIpc) is 2.72. The van der Waals surface area contributed by atoms with Crippen molar-refractivity contribution in [2.45, 2.75) is 13.0 Å². The van der Waals surface area contributed by atoms with Crippen LogP contribution in [0.1, 0.15) is 22.2 Å². The molecule has 1 amide bonds. The maximum absolute atomic E-state index is 12.1. The smallest absolute Gasteiger partial charge is 0.328 e. The number of carboxylic acid groups (broad SMARTS) is 1. The van der Waals surface area contributed by atoms with Crippen LogP contribution in [0.4, 0.5) is 0 Å². The molecular formula is C12H15NO4S. The van der Waals surface area contributed by atoms with Crippen LogP contribution in [0.25, 0.3) is 6.08 Å². The molecule has 0 saturated heterocycles. The van der Waals surface area contributed by atoms with E-state index in [2.05, 4.69) is 0 Å². The quantitative estimate of drug-likeness (QED) is 0.790. The first-order chi connectivity index (χ1) is 8.41. The molecule has 0 aliphatic carbocycles. The van der Waals surface area contributed by atoms with Crippen molar-refractivity contribution in [2.75, 3.05) is 13.6 Å². The first kappa shape index (κ1) is 14.4. The Labute approximate surface area is 109 Å². The lowest BCUT2D eigenvalue weighted by molar-refractivity contribution is -0.131. The number of hydrogen-bond acceptors (Lipinski definition) is 4. The molecule has 0 spiro atoms. The molecule has 0 radical (unpaired) electrons. The van der Waals surface area contributed by atoms with E-state index < -0.39 is 12.1 Å². The van der Waals surface area contributed by atoms with Crippen molar-refractivity contribution in [2.24, 2.45) is 0 Å². The van der Waals surface area contributed by atoms with Crippen LogP contribution in [0.2, 0.25) is 0 Å². The molecule has 1 aromatic heterocycles. The Morgan fingerprint density at radius 1 is 1.56 bits per heavy atom.